The minimum Gasteiger partial charge on any atom is -0.394 e. The average Bonchev–Trinajstić information content (AvgIpc) is 3.33. The molecule has 3 amide bonds. The van der Waals surface area contributed by atoms with E-state index < -0.39 is 5.91 Å². The number of aliphatic hydroxyl groups excluding tert-OH is 1. The molecule has 3 aromatic heterocycles. The molecule has 0 aromatic carbocycles. The third-order valence-electron chi connectivity index (χ3n) is 5.34. The maximum absolute atomic E-state index is 12.9. The van der Waals surface area contributed by atoms with E-state index in [0.29, 0.717) is 43.4 Å². The summed E-state index contributed by atoms with van der Waals surface area (Å²) in [6.45, 7) is 5.11. The molecule has 33 heavy (non-hydrogen) atoms. The van der Waals surface area contributed by atoms with Crippen molar-refractivity contribution in [3.63, 3.8) is 0 Å². The summed E-state index contributed by atoms with van der Waals surface area (Å²) in [7, 11) is 0. The maximum Gasteiger partial charge on any atom is 0.317 e. The van der Waals surface area contributed by atoms with Crippen molar-refractivity contribution >= 4 is 17.8 Å². The third kappa shape index (κ3) is 4.80. The monoisotopic (exact) mass is 451 g/mol. The third-order valence-corrected chi connectivity index (χ3v) is 5.34. The molecule has 172 valence electrons. The first-order chi connectivity index (χ1) is 16.0. The van der Waals surface area contributed by atoms with Crippen molar-refractivity contribution in [2.75, 3.05) is 25.0 Å². The first kappa shape index (κ1) is 22.3. The Labute approximate surface area is 190 Å². The molecule has 12 heteroatoms. The number of anilines is 1. The zero-order valence-corrected chi connectivity index (χ0v) is 18.4. The number of aliphatic hydroxyl groups is 1. The molecule has 4 rings (SSSR count). The van der Waals surface area contributed by atoms with Crippen LogP contribution in [-0.4, -0.2) is 71.8 Å². The van der Waals surface area contributed by atoms with Crippen LogP contribution in [0.3, 0.4) is 0 Å². The van der Waals surface area contributed by atoms with E-state index >= 15 is 0 Å². The molecule has 0 radical (unpaired) electrons. The number of nitrogens with zero attached hydrogens (tertiary/aromatic N) is 7. The summed E-state index contributed by atoms with van der Waals surface area (Å²) >= 11 is 0. The summed E-state index contributed by atoms with van der Waals surface area (Å²) in [5.74, 6) is 0.276. The molecule has 0 spiro atoms. The predicted octanol–water partition coefficient (Wildman–Crippen LogP) is 1.02. The molecule has 0 fully saturated rings. The molecular weight excluding hydrogens is 426 g/mol. The molecule has 12 nitrogen and oxygen atoms in total. The SMILES string of the molecule is CCNC(=O)N1CCc2cnc(C(=O)Nc3cccc(-c4nnnn4[C@H](C)CO)n3)cc2C1. The van der Waals surface area contributed by atoms with Gasteiger partial charge in [0.05, 0.1) is 12.6 Å². The number of hydrogen-bond donors (Lipinski definition) is 3. The lowest BCUT2D eigenvalue weighted by Crippen LogP contribution is -2.42. The summed E-state index contributed by atoms with van der Waals surface area (Å²) in [4.78, 5) is 35.5. The number of amides is 3. The van der Waals surface area contributed by atoms with E-state index in [0.717, 1.165) is 11.1 Å². The van der Waals surface area contributed by atoms with Gasteiger partial charge in [-0.05, 0) is 60.0 Å². The number of urea groups is 1. The van der Waals surface area contributed by atoms with Crippen molar-refractivity contribution in [2.45, 2.75) is 32.9 Å². The van der Waals surface area contributed by atoms with Crippen LogP contribution in [0.5, 0.6) is 0 Å². The molecule has 3 N–H and O–H groups in total. The average molecular weight is 451 g/mol. The van der Waals surface area contributed by atoms with Crippen LogP contribution < -0.4 is 10.6 Å². The second kappa shape index (κ2) is 9.69. The van der Waals surface area contributed by atoms with E-state index in [1.807, 2.05) is 6.92 Å². The Morgan fingerprint density at radius 1 is 1.27 bits per heavy atom. The number of nitrogens with one attached hydrogen (secondary N) is 2. The Hall–Kier alpha value is -3.93. The molecule has 1 atom stereocenters. The summed E-state index contributed by atoms with van der Waals surface area (Å²) in [5.41, 5.74) is 2.61. The van der Waals surface area contributed by atoms with Crippen molar-refractivity contribution in [1.29, 1.82) is 0 Å². The molecule has 3 aromatic rings. The molecule has 1 aliphatic heterocycles. The summed E-state index contributed by atoms with van der Waals surface area (Å²) < 4.78 is 1.47. The molecule has 0 saturated heterocycles. The van der Waals surface area contributed by atoms with Gasteiger partial charge in [-0.3, -0.25) is 9.78 Å². The van der Waals surface area contributed by atoms with Crippen LogP contribution >= 0.6 is 0 Å². The minimum atomic E-state index is -0.416. The van der Waals surface area contributed by atoms with E-state index in [2.05, 4.69) is 36.1 Å². The largest absolute Gasteiger partial charge is 0.394 e. The van der Waals surface area contributed by atoms with E-state index in [1.54, 1.807) is 42.3 Å². The van der Waals surface area contributed by atoms with Gasteiger partial charge in [-0.1, -0.05) is 6.07 Å². The number of tetrazole rings is 1. The summed E-state index contributed by atoms with van der Waals surface area (Å²) in [6, 6.07) is 6.36. The van der Waals surface area contributed by atoms with Gasteiger partial charge in [0.25, 0.3) is 5.91 Å². The highest BCUT2D eigenvalue weighted by Gasteiger charge is 2.22. The smallest absolute Gasteiger partial charge is 0.317 e. The first-order valence-corrected chi connectivity index (χ1v) is 10.7. The van der Waals surface area contributed by atoms with Gasteiger partial charge in [-0.2, -0.15) is 0 Å². The van der Waals surface area contributed by atoms with Crippen LogP contribution in [0.4, 0.5) is 10.6 Å². The lowest BCUT2D eigenvalue weighted by atomic mass is 10.0. The van der Waals surface area contributed by atoms with Gasteiger partial charge in [0.15, 0.2) is 0 Å². The number of carbonyl (C=O) groups excluding carboxylic acids is 2. The molecule has 4 heterocycles. The Bertz CT molecular complexity index is 1160. The second-order valence-electron chi connectivity index (χ2n) is 7.69. The van der Waals surface area contributed by atoms with Crippen LogP contribution in [0.15, 0.2) is 30.5 Å². The number of rotatable bonds is 6. The number of hydrogen-bond acceptors (Lipinski definition) is 8. The van der Waals surface area contributed by atoms with Gasteiger partial charge in [-0.15, -0.1) is 5.10 Å². The molecule has 1 aliphatic rings. The zero-order valence-electron chi connectivity index (χ0n) is 18.4. The van der Waals surface area contributed by atoms with Gasteiger partial charge in [-0.25, -0.2) is 14.5 Å². The van der Waals surface area contributed by atoms with Gasteiger partial charge < -0.3 is 20.6 Å². The Kier molecular flexibility index (Phi) is 6.54. The quantitative estimate of drug-likeness (QED) is 0.503. The predicted molar refractivity (Wildman–Crippen MR) is 118 cm³/mol. The van der Waals surface area contributed by atoms with Crippen LogP contribution in [0.25, 0.3) is 11.5 Å². The maximum atomic E-state index is 12.9. The fraction of sp³-hybridized carbons (Fsp3) is 0.381. The molecular formula is C21H25N9O3. The number of aromatic nitrogens is 6. The molecule has 0 unspecified atom stereocenters. The molecule has 0 aliphatic carbocycles. The van der Waals surface area contributed by atoms with E-state index in [1.165, 1.54) is 4.68 Å². The lowest BCUT2D eigenvalue weighted by Gasteiger charge is -2.28. The number of fused-ring (bicyclic) bond motifs is 1. The Morgan fingerprint density at radius 3 is 2.91 bits per heavy atom. The molecule has 0 bridgehead atoms. The van der Waals surface area contributed by atoms with Gasteiger partial charge >= 0.3 is 6.03 Å². The fourth-order valence-electron chi connectivity index (χ4n) is 3.54. The highest BCUT2D eigenvalue weighted by atomic mass is 16.3. The van der Waals surface area contributed by atoms with Crippen molar-refractivity contribution in [1.82, 2.24) is 40.4 Å². The van der Waals surface area contributed by atoms with Crippen LogP contribution in [0.1, 0.15) is 41.5 Å². The summed E-state index contributed by atoms with van der Waals surface area (Å²) in [5, 5.41) is 26.5. The van der Waals surface area contributed by atoms with Gasteiger partial charge in [0, 0.05) is 25.8 Å². The highest BCUT2D eigenvalue weighted by molar-refractivity contribution is 6.02. The van der Waals surface area contributed by atoms with E-state index in [4.69, 9.17) is 0 Å². The van der Waals surface area contributed by atoms with Crippen LogP contribution in [0.2, 0.25) is 0 Å². The van der Waals surface area contributed by atoms with E-state index in [-0.39, 0.29) is 24.4 Å². The minimum absolute atomic E-state index is 0.121. The summed E-state index contributed by atoms with van der Waals surface area (Å²) in [6.07, 6.45) is 2.37. The highest BCUT2D eigenvalue weighted by Crippen LogP contribution is 2.21. The normalized spacial score (nSPS) is 13.8. The Balaban J connectivity index is 1.51. The van der Waals surface area contributed by atoms with Crippen molar-refractivity contribution in [3.05, 3.63) is 47.3 Å². The first-order valence-electron chi connectivity index (χ1n) is 10.7. The van der Waals surface area contributed by atoms with Gasteiger partial charge in [0.1, 0.15) is 17.2 Å². The topological polar surface area (TPSA) is 151 Å². The standard InChI is InChI=1S/C21H25N9O3/c1-3-22-21(33)29-8-7-14-10-23-17(9-15(14)11-29)20(32)25-18-6-4-5-16(24-18)19-26-27-28-30(19)13(2)12-31/h4-6,9-10,13,31H,3,7-8,11-12H2,1-2H3,(H,22,33)(H,24,25,32)/t13-/m1/s1. The van der Waals surface area contributed by atoms with Crippen LogP contribution in [-0.2, 0) is 13.0 Å². The van der Waals surface area contributed by atoms with Crippen molar-refractivity contribution < 1.29 is 14.7 Å². The Morgan fingerprint density at radius 2 is 2.12 bits per heavy atom. The van der Waals surface area contributed by atoms with E-state index in [9.17, 15) is 14.7 Å². The zero-order chi connectivity index (χ0) is 23.4. The number of pyridine rings is 2. The second-order valence-corrected chi connectivity index (χ2v) is 7.69. The van der Waals surface area contributed by atoms with Crippen molar-refractivity contribution in [2.24, 2.45) is 0 Å². The lowest BCUT2D eigenvalue weighted by molar-refractivity contribution is 0.102. The van der Waals surface area contributed by atoms with Crippen molar-refractivity contribution in [3.8, 4) is 11.5 Å². The van der Waals surface area contributed by atoms with Gasteiger partial charge in [0.2, 0.25) is 5.82 Å². The fourth-order valence-corrected chi connectivity index (χ4v) is 3.54. The molecule has 0 saturated carbocycles. The van der Waals surface area contributed by atoms with Crippen LogP contribution in [0, 0.1) is 0 Å². The number of carbonyl (C=O) groups is 2.